The zero-order valence-electron chi connectivity index (χ0n) is 15.3. The van der Waals surface area contributed by atoms with Gasteiger partial charge in [0.1, 0.15) is 10.8 Å². The van der Waals surface area contributed by atoms with Gasteiger partial charge in [-0.3, -0.25) is 4.79 Å². The van der Waals surface area contributed by atoms with Gasteiger partial charge in [0.05, 0.1) is 5.75 Å². The second-order valence-electron chi connectivity index (χ2n) is 6.68. The second-order valence-corrected chi connectivity index (χ2v) is 7.68. The molecule has 2 aromatic carbocycles. The fourth-order valence-corrected chi connectivity index (χ4v) is 4.17. The highest BCUT2D eigenvalue weighted by Gasteiger charge is 2.24. The van der Waals surface area contributed by atoms with E-state index in [1.165, 1.54) is 29.5 Å². The quantitative estimate of drug-likeness (QED) is 0.486. The summed E-state index contributed by atoms with van der Waals surface area (Å²) in [5.41, 5.74) is 3.52. The van der Waals surface area contributed by atoms with E-state index in [1.807, 2.05) is 35.2 Å². The number of fused-ring (bicyclic) bond motifs is 2. The average molecular weight is 405 g/mol. The summed E-state index contributed by atoms with van der Waals surface area (Å²) in [5.74, 6) is 0.571. The van der Waals surface area contributed by atoms with Crippen molar-refractivity contribution in [2.45, 2.75) is 11.4 Å². The zero-order chi connectivity index (χ0) is 19.8. The number of para-hydroxylation sites is 1. The van der Waals surface area contributed by atoms with Crippen molar-refractivity contribution in [3.63, 3.8) is 0 Å². The van der Waals surface area contributed by atoms with Crippen molar-refractivity contribution in [1.29, 1.82) is 0 Å². The van der Waals surface area contributed by atoms with Crippen LogP contribution in [0.2, 0.25) is 0 Å². The lowest BCUT2D eigenvalue weighted by Gasteiger charge is -2.16. The molecule has 3 heterocycles. The van der Waals surface area contributed by atoms with E-state index >= 15 is 0 Å². The van der Waals surface area contributed by atoms with Gasteiger partial charge in [0.25, 0.3) is 0 Å². The topological polar surface area (TPSA) is 63.4 Å². The lowest BCUT2D eigenvalue weighted by Crippen LogP contribution is -2.30. The lowest BCUT2D eigenvalue weighted by atomic mass is 10.2. The van der Waals surface area contributed by atoms with Crippen LogP contribution in [0.15, 0.2) is 65.7 Å². The predicted molar refractivity (Wildman–Crippen MR) is 109 cm³/mol. The largest absolute Gasteiger partial charge is 0.311 e. The van der Waals surface area contributed by atoms with Gasteiger partial charge in [-0.1, -0.05) is 30.0 Å². The number of carbonyl (C=O) groups excluding carboxylic acids is 1. The van der Waals surface area contributed by atoms with Gasteiger partial charge in [-0.05, 0) is 54.4 Å². The molecule has 29 heavy (non-hydrogen) atoms. The van der Waals surface area contributed by atoms with Crippen LogP contribution in [0, 0.1) is 5.82 Å². The molecule has 0 spiro atoms. The van der Waals surface area contributed by atoms with E-state index in [-0.39, 0.29) is 11.7 Å². The third-order valence-electron chi connectivity index (χ3n) is 4.87. The Hall–Kier alpha value is -3.26. The number of carbonyl (C=O) groups is 1. The third-order valence-corrected chi connectivity index (χ3v) is 5.78. The van der Waals surface area contributed by atoms with Crippen LogP contribution in [0.3, 0.4) is 0 Å². The Bertz CT molecular complexity index is 1210. The Morgan fingerprint density at radius 3 is 2.72 bits per heavy atom. The summed E-state index contributed by atoms with van der Waals surface area (Å²) in [4.78, 5) is 14.6. The fourth-order valence-electron chi connectivity index (χ4n) is 3.44. The summed E-state index contributed by atoms with van der Waals surface area (Å²) >= 11 is 1.38. The van der Waals surface area contributed by atoms with Crippen LogP contribution in [0.25, 0.3) is 17.0 Å². The van der Waals surface area contributed by atoms with Crippen LogP contribution in [-0.2, 0) is 11.2 Å². The van der Waals surface area contributed by atoms with Crippen LogP contribution >= 0.6 is 11.8 Å². The van der Waals surface area contributed by atoms with Gasteiger partial charge in [-0.2, -0.15) is 9.61 Å². The van der Waals surface area contributed by atoms with Crippen LogP contribution in [0.5, 0.6) is 0 Å². The summed E-state index contributed by atoms with van der Waals surface area (Å²) < 4.78 is 14.8. The van der Waals surface area contributed by atoms with Gasteiger partial charge in [0, 0.05) is 17.8 Å². The first-order valence-corrected chi connectivity index (χ1v) is 10.2. The molecule has 4 aromatic rings. The minimum absolute atomic E-state index is 0.0596. The highest BCUT2D eigenvalue weighted by Crippen LogP contribution is 2.29. The van der Waals surface area contributed by atoms with E-state index in [1.54, 1.807) is 16.6 Å². The Labute approximate surface area is 170 Å². The molecule has 1 aliphatic heterocycles. The minimum atomic E-state index is -0.311. The zero-order valence-corrected chi connectivity index (χ0v) is 16.1. The first-order chi connectivity index (χ1) is 14.2. The molecule has 0 saturated heterocycles. The first kappa shape index (κ1) is 17.8. The molecule has 1 aliphatic rings. The molecule has 0 fully saturated rings. The molecular weight excluding hydrogens is 389 g/mol. The molecule has 0 aliphatic carbocycles. The maximum Gasteiger partial charge on any atom is 0.237 e. The van der Waals surface area contributed by atoms with E-state index in [2.05, 4.69) is 21.4 Å². The highest BCUT2D eigenvalue weighted by molar-refractivity contribution is 7.99. The molecular formula is C21H16FN5OS. The maximum atomic E-state index is 13.2. The van der Waals surface area contributed by atoms with Crippen molar-refractivity contribution < 1.29 is 9.18 Å². The number of hydrogen-bond acceptors (Lipinski definition) is 5. The van der Waals surface area contributed by atoms with Crippen molar-refractivity contribution >= 4 is 29.0 Å². The number of thioether (sulfide) groups is 1. The Balaban J connectivity index is 1.35. The molecule has 0 radical (unpaired) electrons. The molecule has 144 valence electrons. The normalized spacial score (nSPS) is 13.1. The molecule has 8 heteroatoms. The predicted octanol–water partition coefficient (Wildman–Crippen LogP) is 3.61. The van der Waals surface area contributed by atoms with E-state index in [0.29, 0.717) is 28.8 Å². The van der Waals surface area contributed by atoms with Gasteiger partial charge < -0.3 is 4.90 Å². The van der Waals surface area contributed by atoms with Crippen molar-refractivity contribution in [3.8, 4) is 11.4 Å². The van der Waals surface area contributed by atoms with E-state index in [0.717, 1.165) is 17.7 Å². The third kappa shape index (κ3) is 3.36. The fraction of sp³-hybridized carbons (Fsp3) is 0.143. The van der Waals surface area contributed by atoms with E-state index in [4.69, 9.17) is 0 Å². The van der Waals surface area contributed by atoms with Crippen molar-refractivity contribution in [2.24, 2.45) is 0 Å². The average Bonchev–Trinajstić information content (AvgIpc) is 3.37. The molecule has 0 unspecified atom stereocenters. The lowest BCUT2D eigenvalue weighted by molar-refractivity contribution is -0.116. The molecule has 2 aromatic heterocycles. The highest BCUT2D eigenvalue weighted by atomic mass is 32.2. The van der Waals surface area contributed by atoms with E-state index < -0.39 is 0 Å². The SMILES string of the molecule is O=C(CSc1ccc2nnc(-c3ccc(F)cc3)n2n1)N1CCc2ccccc21. The minimum Gasteiger partial charge on any atom is -0.311 e. The van der Waals surface area contributed by atoms with Gasteiger partial charge in [0.2, 0.25) is 5.91 Å². The van der Waals surface area contributed by atoms with Crippen molar-refractivity contribution in [3.05, 3.63) is 72.0 Å². The molecule has 0 saturated carbocycles. The summed E-state index contributed by atoms with van der Waals surface area (Å²) in [6.45, 7) is 0.714. The Morgan fingerprint density at radius 1 is 1.03 bits per heavy atom. The van der Waals surface area contributed by atoms with Gasteiger partial charge in [-0.25, -0.2) is 4.39 Å². The molecule has 0 atom stereocenters. The monoisotopic (exact) mass is 405 g/mol. The second kappa shape index (κ2) is 7.29. The number of hydrogen-bond donors (Lipinski definition) is 0. The summed E-state index contributed by atoms with van der Waals surface area (Å²) in [6, 6.07) is 17.7. The van der Waals surface area contributed by atoms with Crippen LogP contribution < -0.4 is 4.90 Å². The summed E-state index contributed by atoms with van der Waals surface area (Å²) in [6.07, 6.45) is 0.887. The molecule has 6 nitrogen and oxygen atoms in total. The number of rotatable bonds is 4. The van der Waals surface area contributed by atoms with E-state index in [9.17, 15) is 9.18 Å². The number of aromatic nitrogens is 4. The molecule has 0 bridgehead atoms. The molecule has 0 N–H and O–H groups in total. The van der Waals surface area contributed by atoms with Crippen LogP contribution in [0.1, 0.15) is 5.56 Å². The molecule has 1 amide bonds. The standard InChI is InChI=1S/C21H16FN5OS/c22-16-7-5-15(6-8-16)21-24-23-18-9-10-19(25-27(18)21)29-13-20(28)26-12-11-14-3-1-2-4-17(14)26/h1-10H,11-13H2. The number of benzene rings is 2. The first-order valence-electron chi connectivity index (χ1n) is 9.18. The summed E-state index contributed by atoms with van der Waals surface area (Å²) in [5, 5.41) is 13.5. The number of anilines is 1. The summed E-state index contributed by atoms with van der Waals surface area (Å²) in [7, 11) is 0. The number of halogens is 1. The van der Waals surface area contributed by atoms with Gasteiger partial charge in [0.15, 0.2) is 11.5 Å². The van der Waals surface area contributed by atoms with Gasteiger partial charge in [-0.15, -0.1) is 10.2 Å². The van der Waals surface area contributed by atoms with Crippen molar-refractivity contribution in [1.82, 2.24) is 19.8 Å². The number of amides is 1. The maximum absolute atomic E-state index is 13.2. The van der Waals surface area contributed by atoms with Gasteiger partial charge >= 0.3 is 0 Å². The van der Waals surface area contributed by atoms with Crippen molar-refractivity contribution in [2.75, 3.05) is 17.2 Å². The smallest absolute Gasteiger partial charge is 0.237 e. The van der Waals surface area contributed by atoms with Crippen LogP contribution in [0.4, 0.5) is 10.1 Å². The number of nitrogens with zero attached hydrogens (tertiary/aromatic N) is 5. The Kier molecular flexibility index (Phi) is 4.48. The van der Waals surface area contributed by atoms with Crippen LogP contribution in [-0.4, -0.2) is 38.0 Å². The Morgan fingerprint density at radius 2 is 1.86 bits per heavy atom. The molecule has 5 rings (SSSR count).